The summed E-state index contributed by atoms with van der Waals surface area (Å²) in [4.78, 5) is 22.7. The summed E-state index contributed by atoms with van der Waals surface area (Å²) in [5, 5.41) is 11.1. The molecule has 0 aromatic heterocycles. The second-order valence-electron chi connectivity index (χ2n) is 5.89. The summed E-state index contributed by atoms with van der Waals surface area (Å²) in [5.41, 5.74) is 0.933. The smallest absolute Gasteiger partial charge is 0.339 e. The number of carbonyl (C=O) groups is 1. The molecule has 0 bridgehead atoms. The van der Waals surface area contributed by atoms with E-state index in [1.54, 1.807) is 19.9 Å². The Balaban J connectivity index is 3.44. The van der Waals surface area contributed by atoms with E-state index in [4.69, 9.17) is 9.47 Å². The molecule has 1 aromatic carbocycles. The summed E-state index contributed by atoms with van der Waals surface area (Å²) < 4.78 is 10.5. The number of carbonyl (C=O) groups excluding carboxylic acids is 1. The maximum absolute atomic E-state index is 12.0. The highest BCUT2D eigenvalue weighted by Gasteiger charge is 2.31. The fourth-order valence-electron chi connectivity index (χ4n) is 2.03. The molecule has 0 heterocycles. The van der Waals surface area contributed by atoms with E-state index in [1.807, 2.05) is 20.8 Å². The van der Waals surface area contributed by atoms with Gasteiger partial charge in [-0.3, -0.25) is 10.1 Å². The number of esters is 1. The van der Waals surface area contributed by atoms with Crippen LogP contribution in [-0.4, -0.2) is 23.6 Å². The van der Waals surface area contributed by atoms with Gasteiger partial charge in [-0.1, -0.05) is 6.07 Å². The Morgan fingerprint density at radius 2 is 1.86 bits per heavy atom. The summed E-state index contributed by atoms with van der Waals surface area (Å²) >= 11 is 0. The molecule has 21 heavy (non-hydrogen) atoms. The molecule has 0 aliphatic rings. The van der Waals surface area contributed by atoms with Gasteiger partial charge in [0.25, 0.3) is 5.69 Å². The van der Waals surface area contributed by atoms with Gasteiger partial charge in [0.2, 0.25) is 0 Å². The van der Waals surface area contributed by atoms with Crippen LogP contribution >= 0.6 is 0 Å². The Hall–Kier alpha value is -1.95. The second kappa shape index (κ2) is 6.22. The van der Waals surface area contributed by atoms with Crippen LogP contribution in [0.2, 0.25) is 0 Å². The number of methoxy groups -OCH3 is 1. The number of nitrogens with zero attached hydrogens (tertiary/aromatic N) is 1. The highest BCUT2D eigenvalue weighted by atomic mass is 16.6. The van der Waals surface area contributed by atoms with Crippen LogP contribution < -0.4 is 0 Å². The van der Waals surface area contributed by atoms with E-state index in [2.05, 4.69) is 0 Å². The number of nitro benzene ring substituents is 1. The average molecular weight is 295 g/mol. The molecule has 0 saturated carbocycles. The van der Waals surface area contributed by atoms with Gasteiger partial charge in [0.15, 0.2) is 6.10 Å². The van der Waals surface area contributed by atoms with Gasteiger partial charge in [0.1, 0.15) is 0 Å². The first kappa shape index (κ1) is 17.1. The molecule has 6 heteroatoms. The molecule has 1 atom stereocenters. The first-order chi connectivity index (χ1) is 9.56. The first-order valence-corrected chi connectivity index (χ1v) is 6.58. The predicted octanol–water partition coefficient (Wildman–Crippen LogP) is 3.24. The summed E-state index contributed by atoms with van der Waals surface area (Å²) in [7, 11) is 1.26. The maximum atomic E-state index is 12.0. The third-order valence-electron chi connectivity index (χ3n) is 2.93. The van der Waals surface area contributed by atoms with Crippen LogP contribution in [0.4, 0.5) is 5.69 Å². The number of rotatable bonds is 4. The molecule has 6 nitrogen and oxygen atoms in total. The third kappa shape index (κ3) is 4.26. The van der Waals surface area contributed by atoms with Crippen LogP contribution in [0.3, 0.4) is 0 Å². The Kier molecular flexibility index (Phi) is 5.06. The Morgan fingerprint density at radius 1 is 1.29 bits per heavy atom. The molecule has 0 spiro atoms. The van der Waals surface area contributed by atoms with Crippen LogP contribution in [0.5, 0.6) is 0 Å². The van der Waals surface area contributed by atoms with Crippen molar-refractivity contribution in [1.82, 2.24) is 0 Å². The van der Waals surface area contributed by atoms with Gasteiger partial charge < -0.3 is 9.47 Å². The van der Waals surface area contributed by atoms with Gasteiger partial charge >= 0.3 is 5.97 Å². The van der Waals surface area contributed by atoms with Gasteiger partial charge in [-0.05, 0) is 40.2 Å². The normalized spacial score (nSPS) is 12.9. The quantitative estimate of drug-likeness (QED) is 0.484. The average Bonchev–Trinajstić information content (AvgIpc) is 2.36. The highest BCUT2D eigenvalue weighted by Crippen LogP contribution is 2.33. The summed E-state index contributed by atoms with van der Waals surface area (Å²) in [6.07, 6.45) is -0.992. The minimum absolute atomic E-state index is 0.0311. The van der Waals surface area contributed by atoms with Crippen molar-refractivity contribution in [2.24, 2.45) is 0 Å². The Morgan fingerprint density at radius 3 is 2.29 bits per heavy atom. The van der Waals surface area contributed by atoms with Crippen molar-refractivity contribution in [3.63, 3.8) is 0 Å². The largest absolute Gasteiger partial charge is 0.467 e. The van der Waals surface area contributed by atoms with Gasteiger partial charge in [-0.25, -0.2) is 4.79 Å². The van der Waals surface area contributed by atoms with Crippen LogP contribution in [0.1, 0.15) is 43.6 Å². The molecule has 0 fully saturated rings. The number of aryl methyl sites for hydroxylation is 1. The Bertz CT molecular complexity index is 560. The van der Waals surface area contributed by atoms with Crippen LogP contribution in [-0.2, 0) is 14.3 Å². The van der Waals surface area contributed by atoms with Crippen molar-refractivity contribution in [1.29, 1.82) is 0 Å². The molecular weight excluding hydrogens is 274 g/mol. The van der Waals surface area contributed by atoms with Gasteiger partial charge in [-0.15, -0.1) is 0 Å². The summed E-state index contributed by atoms with van der Waals surface area (Å²) in [6, 6.07) is 3.19. The fraction of sp³-hybridized carbons (Fsp3) is 0.533. The van der Waals surface area contributed by atoms with E-state index in [1.165, 1.54) is 13.2 Å². The molecule has 0 aliphatic heterocycles. The standard InChI is InChI=1S/C15H21NO5/c1-9-7-11(10(2)12(8-9)16(18)19)13(14(17)20-6)21-15(3,4)5/h7-8,13H,1-6H3. The van der Waals surface area contributed by atoms with Crippen LogP contribution in [0.15, 0.2) is 12.1 Å². The van der Waals surface area contributed by atoms with E-state index in [9.17, 15) is 14.9 Å². The van der Waals surface area contributed by atoms with E-state index >= 15 is 0 Å². The number of ether oxygens (including phenoxy) is 2. The lowest BCUT2D eigenvalue weighted by molar-refractivity contribution is -0.385. The van der Waals surface area contributed by atoms with Gasteiger partial charge in [0, 0.05) is 17.2 Å². The molecule has 0 aliphatic carbocycles. The molecule has 1 aromatic rings. The minimum atomic E-state index is -0.992. The fourth-order valence-corrected chi connectivity index (χ4v) is 2.03. The maximum Gasteiger partial charge on any atom is 0.339 e. The molecule has 0 radical (unpaired) electrons. The lowest BCUT2D eigenvalue weighted by Gasteiger charge is -2.27. The molecular formula is C15H21NO5. The lowest BCUT2D eigenvalue weighted by Crippen LogP contribution is -2.28. The van der Waals surface area contributed by atoms with E-state index < -0.39 is 22.6 Å². The Labute approximate surface area is 124 Å². The van der Waals surface area contributed by atoms with Gasteiger partial charge in [-0.2, -0.15) is 0 Å². The molecule has 1 unspecified atom stereocenters. The van der Waals surface area contributed by atoms with Crippen molar-refractivity contribution in [2.45, 2.75) is 46.3 Å². The van der Waals surface area contributed by atoms with E-state index in [0.29, 0.717) is 16.7 Å². The minimum Gasteiger partial charge on any atom is -0.467 e. The zero-order valence-corrected chi connectivity index (χ0v) is 13.2. The predicted molar refractivity (Wildman–Crippen MR) is 78.2 cm³/mol. The van der Waals surface area contributed by atoms with Crippen molar-refractivity contribution in [3.8, 4) is 0 Å². The summed E-state index contributed by atoms with van der Waals surface area (Å²) in [5.74, 6) is -0.576. The second-order valence-corrected chi connectivity index (χ2v) is 5.89. The molecule has 0 saturated heterocycles. The van der Waals surface area contributed by atoms with Crippen molar-refractivity contribution in [3.05, 3.63) is 38.9 Å². The topological polar surface area (TPSA) is 78.7 Å². The molecule has 0 amide bonds. The van der Waals surface area contributed by atoms with Gasteiger partial charge in [0.05, 0.1) is 17.6 Å². The van der Waals surface area contributed by atoms with E-state index in [0.717, 1.165) is 0 Å². The summed E-state index contributed by atoms with van der Waals surface area (Å²) in [6.45, 7) is 8.77. The van der Waals surface area contributed by atoms with Crippen molar-refractivity contribution in [2.75, 3.05) is 7.11 Å². The first-order valence-electron chi connectivity index (χ1n) is 6.58. The van der Waals surface area contributed by atoms with Crippen LogP contribution in [0, 0.1) is 24.0 Å². The highest BCUT2D eigenvalue weighted by molar-refractivity contribution is 5.77. The van der Waals surface area contributed by atoms with Crippen LogP contribution in [0.25, 0.3) is 0 Å². The lowest BCUT2D eigenvalue weighted by atomic mass is 9.98. The molecule has 116 valence electrons. The zero-order chi connectivity index (χ0) is 16.4. The molecule has 1 rings (SSSR count). The molecule has 0 N–H and O–H groups in total. The third-order valence-corrected chi connectivity index (χ3v) is 2.93. The monoisotopic (exact) mass is 295 g/mol. The number of benzene rings is 1. The van der Waals surface area contributed by atoms with E-state index in [-0.39, 0.29) is 5.69 Å². The number of hydrogen-bond donors (Lipinski definition) is 0. The number of hydrogen-bond acceptors (Lipinski definition) is 5. The van der Waals surface area contributed by atoms with Crippen molar-refractivity contribution >= 4 is 11.7 Å². The SMILES string of the molecule is COC(=O)C(OC(C)(C)C)c1cc(C)cc([N+](=O)[O-])c1C. The zero-order valence-electron chi connectivity index (χ0n) is 13.2. The van der Waals surface area contributed by atoms with Crippen molar-refractivity contribution < 1.29 is 19.2 Å². The number of nitro groups is 1.